The summed E-state index contributed by atoms with van der Waals surface area (Å²) in [5.41, 5.74) is 19.6. The molecule has 0 radical (unpaired) electrons. The number of hydrogen-bond donors (Lipinski definition) is 0. The summed E-state index contributed by atoms with van der Waals surface area (Å²) in [4.78, 5) is 2.55. The minimum absolute atomic E-state index is 0.558. The summed E-state index contributed by atoms with van der Waals surface area (Å²) < 4.78 is 6.34. The molecule has 0 fully saturated rings. The minimum atomic E-state index is -0.558. The van der Waals surface area contributed by atoms with E-state index in [0.29, 0.717) is 0 Å². The second kappa shape index (κ2) is 16.6. The average molecular weight is 906 g/mol. The van der Waals surface area contributed by atoms with Crippen molar-refractivity contribution in [2.45, 2.75) is 18.3 Å². The van der Waals surface area contributed by atoms with E-state index in [1.807, 2.05) is 0 Å². The molecule has 0 saturated carbocycles. The molecule has 2 aliphatic carbocycles. The van der Waals surface area contributed by atoms with Gasteiger partial charge in [0.25, 0.3) is 0 Å². The molecule has 2 aliphatic rings. The van der Waals surface area contributed by atoms with E-state index in [4.69, 9.17) is 4.42 Å². The fraction of sp³-hybridized carbons (Fsp3) is 0.0435. The van der Waals surface area contributed by atoms with Crippen LogP contribution in [0.4, 0.5) is 17.1 Å². The van der Waals surface area contributed by atoms with E-state index >= 15 is 0 Å². The highest BCUT2D eigenvalue weighted by Crippen LogP contribution is 2.60. The first kappa shape index (κ1) is 41.0. The maximum atomic E-state index is 6.34. The van der Waals surface area contributed by atoms with E-state index in [2.05, 4.69) is 266 Å². The van der Waals surface area contributed by atoms with Crippen LogP contribution in [0.3, 0.4) is 0 Å². The van der Waals surface area contributed by atoms with Gasteiger partial charge in [0, 0.05) is 34.2 Å². The molecule has 2 nitrogen and oxygen atoms in total. The molecule has 14 rings (SSSR count). The van der Waals surface area contributed by atoms with Gasteiger partial charge >= 0.3 is 0 Å². The largest absolute Gasteiger partial charge is 0.460 e. The Morgan fingerprint density at radius 3 is 1.77 bits per heavy atom. The van der Waals surface area contributed by atoms with E-state index in [9.17, 15) is 0 Å². The maximum absolute atomic E-state index is 6.34. The average Bonchev–Trinajstić information content (AvgIpc) is 3.98. The summed E-state index contributed by atoms with van der Waals surface area (Å²) in [6.45, 7) is 0. The van der Waals surface area contributed by atoms with E-state index in [1.54, 1.807) is 0 Å². The van der Waals surface area contributed by atoms with Gasteiger partial charge in [-0.15, -0.1) is 0 Å². The van der Waals surface area contributed by atoms with E-state index in [-0.39, 0.29) is 0 Å². The van der Waals surface area contributed by atoms with Crippen LogP contribution in [0.2, 0.25) is 0 Å². The lowest BCUT2D eigenvalue weighted by molar-refractivity contribution is 0.548. The third-order valence-corrected chi connectivity index (χ3v) is 15.3. The van der Waals surface area contributed by atoms with Gasteiger partial charge in [-0.25, -0.2) is 0 Å². The molecule has 1 heterocycles. The lowest BCUT2D eigenvalue weighted by Gasteiger charge is -2.35. The zero-order chi connectivity index (χ0) is 46.9. The summed E-state index contributed by atoms with van der Waals surface area (Å²) in [7, 11) is 0. The molecular formula is C69H47NO. The van der Waals surface area contributed by atoms with Crippen LogP contribution in [-0.2, 0) is 11.8 Å². The number of anilines is 3. The Morgan fingerprint density at radius 2 is 1.00 bits per heavy atom. The van der Waals surface area contributed by atoms with Crippen LogP contribution >= 0.6 is 0 Å². The number of nitrogens with zero attached hydrogens (tertiary/aromatic N) is 1. The van der Waals surface area contributed by atoms with Gasteiger partial charge in [0.15, 0.2) is 0 Å². The van der Waals surface area contributed by atoms with Gasteiger partial charge in [0.05, 0.1) is 16.8 Å². The molecule has 0 unspecified atom stereocenters. The van der Waals surface area contributed by atoms with Crippen molar-refractivity contribution in [2.75, 3.05) is 4.90 Å². The second-order valence-corrected chi connectivity index (χ2v) is 19.0. The third kappa shape index (κ3) is 6.49. The quantitative estimate of drug-likeness (QED) is 0.141. The first-order valence-electron chi connectivity index (χ1n) is 24.8. The normalized spacial score (nSPS) is 13.4. The Bertz CT molecular complexity index is 3990. The molecule has 0 saturated heterocycles. The molecule has 71 heavy (non-hydrogen) atoms. The van der Waals surface area contributed by atoms with Gasteiger partial charge in [0.2, 0.25) is 0 Å². The number of rotatable bonds is 8. The summed E-state index contributed by atoms with van der Waals surface area (Å²) >= 11 is 0. The Hall–Kier alpha value is -8.98. The van der Waals surface area contributed by atoms with Crippen molar-refractivity contribution in [1.82, 2.24) is 0 Å². The zero-order valence-corrected chi connectivity index (χ0v) is 39.1. The summed E-state index contributed by atoms with van der Waals surface area (Å²) in [5, 5.41) is 6.16. The highest BCUT2D eigenvalue weighted by atomic mass is 16.3. The van der Waals surface area contributed by atoms with Gasteiger partial charge in [-0.1, -0.05) is 218 Å². The van der Waals surface area contributed by atoms with Crippen LogP contribution in [0.5, 0.6) is 0 Å². The second-order valence-electron chi connectivity index (χ2n) is 19.0. The monoisotopic (exact) mass is 905 g/mol. The van der Waals surface area contributed by atoms with Gasteiger partial charge in [-0.05, 0) is 126 Å². The molecule has 0 N–H and O–H groups in total. The third-order valence-electron chi connectivity index (χ3n) is 15.3. The zero-order valence-electron chi connectivity index (χ0n) is 39.1. The standard InChI is InChI=1S/C69H47NO/c1-4-19-47(20-5-1)55-41-37-50(60-44-49-21-10-11-26-54(49)56-27-12-13-28-57(56)60)45-65(55)70(53-39-35-46(36-40-53)48-38-42-67-61(43-48)58-29-15-17-34-66(58)71-67)64-33-18-32-63-68(64)59-30-14-16-31-62(59)69(63,51-22-6-2-7-23-51)52-24-8-3-9-25-52/h1-37,39-41,43-45H,38,42H2. The number of aryl methyl sites for hydroxylation is 1. The molecule has 0 amide bonds. The molecule has 11 aromatic carbocycles. The van der Waals surface area contributed by atoms with Crippen molar-refractivity contribution < 1.29 is 4.42 Å². The molecule has 334 valence electrons. The molecular weight excluding hydrogens is 859 g/mol. The predicted octanol–water partition coefficient (Wildman–Crippen LogP) is 18.4. The summed E-state index contributed by atoms with van der Waals surface area (Å²) in [6, 6.07) is 94.2. The number of furan rings is 1. The minimum Gasteiger partial charge on any atom is -0.460 e. The number of benzene rings is 11. The first-order valence-corrected chi connectivity index (χ1v) is 24.8. The van der Waals surface area contributed by atoms with Crippen LogP contribution in [0.1, 0.15) is 45.6 Å². The van der Waals surface area contributed by atoms with Crippen molar-refractivity contribution in [1.29, 1.82) is 0 Å². The summed E-state index contributed by atoms with van der Waals surface area (Å²) in [6.07, 6.45) is 4.15. The van der Waals surface area contributed by atoms with Gasteiger partial charge in [0.1, 0.15) is 11.3 Å². The van der Waals surface area contributed by atoms with Crippen molar-refractivity contribution >= 4 is 61.2 Å². The Balaban J connectivity index is 1.04. The van der Waals surface area contributed by atoms with Crippen LogP contribution < -0.4 is 4.90 Å². The summed E-state index contributed by atoms with van der Waals surface area (Å²) in [5.74, 6) is 1.07. The molecule has 0 atom stereocenters. The van der Waals surface area contributed by atoms with Crippen LogP contribution in [0.25, 0.3) is 77.5 Å². The van der Waals surface area contributed by atoms with Crippen molar-refractivity contribution in [3.63, 3.8) is 0 Å². The Labute approximate surface area is 414 Å². The van der Waals surface area contributed by atoms with Crippen LogP contribution in [-0.4, -0.2) is 0 Å². The van der Waals surface area contributed by atoms with E-state index in [1.165, 1.54) is 82.6 Å². The Kier molecular flexibility index (Phi) is 9.60. The first-order chi connectivity index (χ1) is 35.2. The number of allylic oxidation sites excluding steroid dienone is 1. The van der Waals surface area contributed by atoms with Crippen molar-refractivity contribution in [3.05, 3.63) is 294 Å². The van der Waals surface area contributed by atoms with E-state index in [0.717, 1.165) is 57.9 Å². The predicted molar refractivity (Wildman–Crippen MR) is 297 cm³/mol. The van der Waals surface area contributed by atoms with Crippen molar-refractivity contribution in [3.8, 4) is 33.4 Å². The van der Waals surface area contributed by atoms with Crippen LogP contribution in [0.15, 0.2) is 259 Å². The van der Waals surface area contributed by atoms with Gasteiger partial charge in [-0.3, -0.25) is 0 Å². The van der Waals surface area contributed by atoms with Crippen molar-refractivity contribution in [2.24, 2.45) is 0 Å². The van der Waals surface area contributed by atoms with E-state index < -0.39 is 5.41 Å². The topological polar surface area (TPSA) is 16.4 Å². The lowest BCUT2D eigenvalue weighted by atomic mass is 9.68. The lowest BCUT2D eigenvalue weighted by Crippen LogP contribution is -2.28. The fourth-order valence-corrected chi connectivity index (χ4v) is 12.1. The number of hydrogen-bond acceptors (Lipinski definition) is 2. The van der Waals surface area contributed by atoms with Crippen LogP contribution in [0, 0.1) is 0 Å². The number of para-hydroxylation sites is 1. The molecule has 0 spiro atoms. The van der Waals surface area contributed by atoms with Gasteiger partial charge < -0.3 is 9.32 Å². The Morgan fingerprint density at radius 1 is 0.380 bits per heavy atom. The highest BCUT2D eigenvalue weighted by molar-refractivity contribution is 6.14. The maximum Gasteiger partial charge on any atom is 0.134 e. The fourth-order valence-electron chi connectivity index (χ4n) is 12.1. The highest BCUT2D eigenvalue weighted by Gasteiger charge is 2.47. The number of fused-ring (bicyclic) bond motifs is 9. The molecule has 0 bridgehead atoms. The smallest absolute Gasteiger partial charge is 0.134 e. The molecule has 1 aromatic heterocycles. The molecule has 0 aliphatic heterocycles. The van der Waals surface area contributed by atoms with Gasteiger partial charge in [-0.2, -0.15) is 0 Å². The SMILES string of the molecule is C1=C(c2ccc(N(c3cc(-c4cc5ccccc5c5ccccc45)ccc3-c3ccccc3)c3cccc4c3-c3ccccc3C4(c3ccccc3)c3ccccc3)cc2)CCc2oc3ccccc3c21. The molecule has 2 heteroatoms. The molecule has 12 aromatic rings.